The predicted molar refractivity (Wildman–Crippen MR) is 96.5 cm³/mol. The Hall–Kier alpha value is -2.87. The molecule has 3 rings (SSSR count). The van der Waals surface area contributed by atoms with E-state index in [1.165, 1.54) is 11.6 Å². The Labute approximate surface area is 148 Å². The number of aromatic nitrogens is 3. The second-order valence-electron chi connectivity index (χ2n) is 5.46. The summed E-state index contributed by atoms with van der Waals surface area (Å²) in [6, 6.07) is 11.3. The van der Waals surface area contributed by atoms with Crippen molar-refractivity contribution in [1.82, 2.24) is 14.8 Å². The van der Waals surface area contributed by atoms with E-state index in [1.807, 2.05) is 25.1 Å². The molecular formula is C17H15F2N5S. The van der Waals surface area contributed by atoms with Gasteiger partial charge in [0, 0.05) is 6.07 Å². The summed E-state index contributed by atoms with van der Waals surface area (Å²) in [6.45, 7) is 2.60. The van der Waals surface area contributed by atoms with Crippen molar-refractivity contribution in [1.29, 1.82) is 0 Å². The van der Waals surface area contributed by atoms with Gasteiger partial charge < -0.3 is 5.32 Å². The van der Waals surface area contributed by atoms with Crippen LogP contribution in [0.15, 0.2) is 48.8 Å². The zero-order valence-electron chi connectivity index (χ0n) is 13.3. The van der Waals surface area contributed by atoms with Crippen LogP contribution in [0.1, 0.15) is 11.1 Å². The Kier molecular flexibility index (Phi) is 4.99. The van der Waals surface area contributed by atoms with E-state index in [4.69, 9.17) is 12.2 Å². The molecule has 0 saturated heterocycles. The minimum absolute atomic E-state index is 0.0677. The van der Waals surface area contributed by atoms with Crippen molar-refractivity contribution in [2.75, 3.05) is 10.6 Å². The van der Waals surface area contributed by atoms with Gasteiger partial charge in [0.1, 0.15) is 18.0 Å². The van der Waals surface area contributed by atoms with Crippen molar-refractivity contribution in [3.63, 3.8) is 0 Å². The summed E-state index contributed by atoms with van der Waals surface area (Å²) in [4.78, 5) is 4.11. The number of nitrogens with one attached hydrogen (secondary N) is 2. The lowest BCUT2D eigenvalue weighted by atomic mass is 10.1. The molecule has 2 aromatic carbocycles. The first-order valence-electron chi connectivity index (χ1n) is 7.47. The Bertz CT molecular complexity index is 910. The largest absolute Gasteiger partial charge is 0.330 e. The van der Waals surface area contributed by atoms with E-state index in [-0.39, 0.29) is 16.7 Å². The first-order chi connectivity index (χ1) is 12.0. The third-order valence-corrected chi connectivity index (χ3v) is 3.57. The fraction of sp³-hybridized carbons (Fsp3) is 0.118. The number of anilines is 2. The smallest absolute Gasteiger partial charge is 0.248 e. The van der Waals surface area contributed by atoms with Crippen LogP contribution < -0.4 is 10.6 Å². The molecule has 0 radical (unpaired) electrons. The van der Waals surface area contributed by atoms with E-state index < -0.39 is 11.6 Å². The van der Waals surface area contributed by atoms with Crippen molar-refractivity contribution in [2.24, 2.45) is 0 Å². The summed E-state index contributed by atoms with van der Waals surface area (Å²) < 4.78 is 28.2. The van der Waals surface area contributed by atoms with Crippen LogP contribution in [0.2, 0.25) is 0 Å². The van der Waals surface area contributed by atoms with Crippen LogP contribution >= 0.6 is 12.2 Å². The second kappa shape index (κ2) is 7.35. The molecule has 0 aliphatic rings. The molecule has 0 spiro atoms. The topological polar surface area (TPSA) is 54.8 Å². The first-order valence-corrected chi connectivity index (χ1v) is 7.88. The molecule has 0 aliphatic heterocycles. The van der Waals surface area contributed by atoms with E-state index >= 15 is 0 Å². The summed E-state index contributed by atoms with van der Waals surface area (Å²) in [7, 11) is 0. The van der Waals surface area contributed by atoms with Gasteiger partial charge in [-0.15, -0.1) is 5.10 Å². The number of thiocarbonyl (C=S) groups is 1. The number of nitrogens with zero attached hydrogens (tertiary/aromatic N) is 3. The molecule has 128 valence electrons. The van der Waals surface area contributed by atoms with Gasteiger partial charge in [-0.3, -0.25) is 5.32 Å². The maximum atomic E-state index is 13.6. The Balaban J connectivity index is 1.61. The van der Waals surface area contributed by atoms with E-state index in [1.54, 1.807) is 11.0 Å². The Morgan fingerprint density at radius 1 is 1.16 bits per heavy atom. The van der Waals surface area contributed by atoms with Crippen molar-refractivity contribution in [2.45, 2.75) is 13.5 Å². The van der Waals surface area contributed by atoms with Gasteiger partial charge in [0.25, 0.3) is 0 Å². The highest BCUT2D eigenvalue weighted by Gasteiger charge is 2.08. The molecule has 3 aromatic rings. The number of hydrogen-bond donors (Lipinski definition) is 2. The van der Waals surface area contributed by atoms with Gasteiger partial charge >= 0.3 is 0 Å². The molecule has 0 saturated carbocycles. The van der Waals surface area contributed by atoms with Crippen LogP contribution in [0.5, 0.6) is 0 Å². The minimum Gasteiger partial charge on any atom is -0.330 e. The molecule has 5 nitrogen and oxygen atoms in total. The number of benzene rings is 2. The van der Waals surface area contributed by atoms with Crippen LogP contribution in [0, 0.1) is 18.6 Å². The van der Waals surface area contributed by atoms with E-state index in [0.29, 0.717) is 6.54 Å². The van der Waals surface area contributed by atoms with Gasteiger partial charge in [0.15, 0.2) is 5.11 Å². The molecule has 8 heteroatoms. The van der Waals surface area contributed by atoms with E-state index in [0.717, 1.165) is 17.7 Å². The molecule has 0 amide bonds. The monoisotopic (exact) mass is 359 g/mol. The molecule has 0 fully saturated rings. The lowest BCUT2D eigenvalue weighted by Gasteiger charge is -2.08. The molecular weight excluding hydrogens is 344 g/mol. The maximum absolute atomic E-state index is 13.6. The summed E-state index contributed by atoms with van der Waals surface area (Å²) >= 11 is 5.09. The molecule has 25 heavy (non-hydrogen) atoms. The van der Waals surface area contributed by atoms with Crippen LogP contribution in [0.3, 0.4) is 0 Å². The van der Waals surface area contributed by atoms with Crippen molar-refractivity contribution in [3.8, 4) is 0 Å². The predicted octanol–water partition coefficient (Wildman–Crippen LogP) is 3.72. The average molecular weight is 359 g/mol. The quantitative estimate of drug-likeness (QED) is 0.696. The molecule has 1 aromatic heterocycles. The standard InChI is InChI=1S/C17H15F2N5S/c1-11-3-2-4-12(7-11)9-24-10-20-16(23-24)22-17(25)21-15-6-5-13(18)8-14(15)19/h2-8,10H,9H2,1H3,(H2,21,22,23,25). The van der Waals surface area contributed by atoms with E-state index in [9.17, 15) is 8.78 Å². The van der Waals surface area contributed by atoms with Gasteiger partial charge in [-0.1, -0.05) is 29.8 Å². The summed E-state index contributed by atoms with van der Waals surface area (Å²) in [6.07, 6.45) is 1.58. The maximum Gasteiger partial charge on any atom is 0.248 e. The summed E-state index contributed by atoms with van der Waals surface area (Å²) in [5.41, 5.74) is 2.34. The highest BCUT2D eigenvalue weighted by molar-refractivity contribution is 7.80. The summed E-state index contributed by atoms with van der Waals surface area (Å²) in [5, 5.41) is 9.78. The van der Waals surface area contributed by atoms with Crippen molar-refractivity contribution < 1.29 is 8.78 Å². The molecule has 1 heterocycles. The Morgan fingerprint density at radius 3 is 2.76 bits per heavy atom. The van der Waals surface area contributed by atoms with Crippen molar-refractivity contribution in [3.05, 3.63) is 71.6 Å². The fourth-order valence-corrected chi connectivity index (χ4v) is 2.47. The molecule has 2 N–H and O–H groups in total. The van der Waals surface area contributed by atoms with Crippen LogP contribution in [0.4, 0.5) is 20.4 Å². The number of hydrogen-bond acceptors (Lipinski definition) is 3. The lowest BCUT2D eigenvalue weighted by Crippen LogP contribution is -2.20. The lowest BCUT2D eigenvalue weighted by molar-refractivity contribution is 0.586. The number of aryl methyl sites for hydroxylation is 1. The first kappa shape index (κ1) is 17.0. The molecule has 0 unspecified atom stereocenters. The highest BCUT2D eigenvalue weighted by atomic mass is 32.1. The van der Waals surface area contributed by atoms with Crippen LogP contribution in [-0.4, -0.2) is 19.9 Å². The van der Waals surface area contributed by atoms with Gasteiger partial charge in [0.05, 0.1) is 12.2 Å². The highest BCUT2D eigenvalue weighted by Crippen LogP contribution is 2.15. The SMILES string of the molecule is Cc1cccc(Cn2cnc(NC(=S)Nc3ccc(F)cc3F)n2)c1. The zero-order valence-corrected chi connectivity index (χ0v) is 14.1. The molecule has 0 bridgehead atoms. The van der Waals surface area contributed by atoms with Gasteiger partial charge in [-0.2, -0.15) is 0 Å². The van der Waals surface area contributed by atoms with Crippen molar-refractivity contribution >= 4 is 29.0 Å². The van der Waals surface area contributed by atoms with E-state index in [2.05, 4.69) is 26.8 Å². The van der Waals surface area contributed by atoms with Gasteiger partial charge in [0.2, 0.25) is 5.95 Å². The van der Waals surface area contributed by atoms with Crippen LogP contribution in [0.25, 0.3) is 0 Å². The third kappa shape index (κ3) is 4.57. The summed E-state index contributed by atoms with van der Waals surface area (Å²) in [5.74, 6) is -1.10. The molecule has 0 aliphatic carbocycles. The minimum atomic E-state index is -0.734. The average Bonchev–Trinajstić information content (AvgIpc) is 2.97. The normalized spacial score (nSPS) is 10.5. The number of rotatable bonds is 4. The van der Waals surface area contributed by atoms with Gasteiger partial charge in [-0.25, -0.2) is 18.4 Å². The second-order valence-corrected chi connectivity index (χ2v) is 5.87. The zero-order chi connectivity index (χ0) is 17.8. The molecule has 0 atom stereocenters. The van der Waals surface area contributed by atoms with Gasteiger partial charge in [-0.05, 0) is 36.8 Å². The Morgan fingerprint density at radius 2 is 2.00 bits per heavy atom. The fourth-order valence-electron chi connectivity index (χ4n) is 2.27. The number of halogens is 2. The van der Waals surface area contributed by atoms with Crippen LogP contribution in [-0.2, 0) is 6.54 Å². The third-order valence-electron chi connectivity index (χ3n) is 3.37.